The van der Waals surface area contributed by atoms with Crippen LogP contribution in [0.5, 0.6) is 0 Å². The van der Waals surface area contributed by atoms with Gasteiger partial charge in [0, 0.05) is 6.20 Å². The Kier molecular flexibility index (Phi) is 4.31. The van der Waals surface area contributed by atoms with Crippen LogP contribution in [-0.4, -0.2) is 21.1 Å². The molecule has 2 aromatic rings. The molecule has 2 aromatic heterocycles. The molecule has 0 amide bonds. The van der Waals surface area contributed by atoms with Crippen LogP contribution in [0.2, 0.25) is 0 Å². The largest absolute Gasteiger partial charge is 0.307 e. The molecule has 0 aliphatic rings. The summed E-state index contributed by atoms with van der Waals surface area (Å²) >= 11 is 0. The molecule has 0 aliphatic carbocycles. The van der Waals surface area contributed by atoms with Crippen LogP contribution in [0.15, 0.2) is 24.4 Å². The predicted molar refractivity (Wildman–Crippen MR) is 73.5 cm³/mol. The Morgan fingerprint density at radius 3 is 2.89 bits per heavy atom. The summed E-state index contributed by atoms with van der Waals surface area (Å²) in [6.07, 6.45) is 4.52. The molecule has 0 radical (unpaired) electrons. The summed E-state index contributed by atoms with van der Waals surface area (Å²) in [5, 5.41) is 12.0. The predicted octanol–water partition coefficient (Wildman–Crippen LogP) is 2.82. The van der Waals surface area contributed by atoms with Crippen molar-refractivity contribution in [1.82, 2.24) is 19.9 Å². The minimum atomic E-state index is 0.224. The molecule has 0 saturated carbocycles. The first-order valence-corrected chi connectivity index (χ1v) is 6.75. The Hall–Kier alpha value is -1.42. The average molecular weight is 246 g/mol. The lowest BCUT2D eigenvalue weighted by Gasteiger charge is -2.16. The highest BCUT2D eigenvalue weighted by atomic mass is 15.3. The van der Waals surface area contributed by atoms with Crippen LogP contribution in [0, 0.1) is 5.92 Å². The van der Waals surface area contributed by atoms with Crippen LogP contribution >= 0.6 is 0 Å². The van der Waals surface area contributed by atoms with Crippen LogP contribution in [0.3, 0.4) is 0 Å². The maximum atomic E-state index is 4.27. The third-order valence-corrected chi connectivity index (χ3v) is 3.28. The van der Waals surface area contributed by atoms with Gasteiger partial charge >= 0.3 is 0 Å². The Labute approximate surface area is 108 Å². The van der Waals surface area contributed by atoms with Gasteiger partial charge < -0.3 is 5.32 Å². The molecule has 98 valence electrons. The Balaban J connectivity index is 2.02. The first-order valence-electron chi connectivity index (χ1n) is 6.75. The van der Waals surface area contributed by atoms with E-state index in [0.717, 1.165) is 18.0 Å². The van der Waals surface area contributed by atoms with Crippen LogP contribution in [0.4, 0.5) is 0 Å². The summed E-state index contributed by atoms with van der Waals surface area (Å²) in [4.78, 5) is 0. The molecule has 0 aliphatic heterocycles. The zero-order chi connectivity index (χ0) is 13.0. The van der Waals surface area contributed by atoms with Crippen molar-refractivity contribution in [3.63, 3.8) is 0 Å². The Bertz CT molecular complexity index is 491. The number of aromatic nitrogens is 3. The van der Waals surface area contributed by atoms with Gasteiger partial charge in [-0.15, -0.1) is 10.2 Å². The maximum Gasteiger partial charge on any atom is 0.160 e. The second-order valence-corrected chi connectivity index (χ2v) is 5.01. The smallest absolute Gasteiger partial charge is 0.160 e. The molecule has 0 bridgehead atoms. The number of nitrogens with zero attached hydrogens (tertiary/aromatic N) is 3. The standard InChI is InChI=1S/C14H22N4/c1-4-7-11(2)10-15-12(3)14-17-16-13-8-5-6-9-18(13)14/h5-6,8-9,11-12,15H,4,7,10H2,1-3H3. The van der Waals surface area contributed by atoms with E-state index in [1.54, 1.807) is 0 Å². The number of hydrogen-bond acceptors (Lipinski definition) is 3. The van der Waals surface area contributed by atoms with Gasteiger partial charge in [-0.05, 0) is 37.9 Å². The molecule has 2 rings (SSSR count). The van der Waals surface area contributed by atoms with E-state index in [1.165, 1.54) is 12.8 Å². The molecule has 2 heterocycles. The lowest BCUT2D eigenvalue weighted by molar-refractivity contribution is 0.434. The number of rotatable bonds is 6. The second kappa shape index (κ2) is 5.96. The third-order valence-electron chi connectivity index (χ3n) is 3.28. The van der Waals surface area contributed by atoms with Crippen LogP contribution in [0.25, 0.3) is 5.65 Å². The minimum Gasteiger partial charge on any atom is -0.307 e. The van der Waals surface area contributed by atoms with Gasteiger partial charge in [-0.25, -0.2) is 0 Å². The second-order valence-electron chi connectivity index (χ2n) is 5.01. The number of pyridine rings is 1. The van der Waals surface area contributed by atoms with Gasteiger partial charge in [0.1, 0.15) is 0 Å². The Morgan fingerprint density at radius 2 is 2.11 bits per heavy atom. The molecule has 18 heavy (non-hydrogen) atoms. The highest BCUT2D eigenvalue weighted by molar-refractivity contribution is 5.37. The van der Waals surface area contributed by atoms with Crippen LogP contribution < -0.4 is 5.32 Å². The first-order chi connectivity index (χ1) is 8.72. The highest BCUT2D eigenvalue weighted by Crippen LogP contribution is 2.12. The van der Waals surface area contributed by atoms with Gasteiger partial charge in [-0.3, -0.25) is 4.40 Å². The van der Waals surface area contributed by atoms with Crippen molar-refractivity contribution < 1.29 is 0 Å². The molecule has 2 atom stereocenters. The van der Waals surface area contributed by atoms with Crippen molar-refractivity contribution in [2.24, 2.45) is 5.92 Å². The lowest BCUT2D eigenvalue weighted by atomic mass is 10.1. The van der Waals surface area contributed by atoms with E-state index in [4.69, 9.17) is 0 Å². The molecule has 0 fully saturated rings. The molecular weight excluding hydrogens is 224 g/mol. The normalized spacial score (nSPS) is 14.8. The van der Waals surface area contributed by atoms with E-state index >= 15 is 0 Å². The van der Waals surface area contributed by atoms with Gasteiger partial charge in [0.25, 0.3) is 0 Å². The number of nitrogens with one attached hydrogen (secondary N) is 1. The van der Waals surface area contributed by atoms with E-state index in [2.05, 4.69) is 36.3 Å². The SMILES string of the molecule is CCCC(C)CNC(C)c1nnc2ccccn12. The molecule has 0 saturated heterocycles. The summed E-state index contributed by atoms with van der Waals surface area (Å²) in [7, 11) is 0. The van der Waals surface area contributed by atoms with Crippen molar-refractivity contribution in [2.75, 3.05) is 6.54 Å². The fourth-order valence-electron chi connectivity index (χ4n) is 2.22. The maximum absolute atomic E-state index is 4.27. The number of hydrogen-bond donors (Lipinski definition) is 1. The van der Waals surface area contributed by atoms with Crippen molar-refractivity contribution >= 4 is 5.65 Å². The zero-order valence-electron chi connectivity index (χ0n) is 11.4. The van der Waals surface area contributed by atoms with E-state index in [9.17, 15) is 0 Å². The summed E-state index contributed by atoms with van der Waals surface area (Å²) in [5.41, 5.74) is 0.905. The van der Waals surface area contributed by atoms with E-state index in [1.807, 2.05) is 28.8 Å². The third kappa shape index (κ3) is 2.88. The van der Waals surface area contributed by atoms with Gasteiger partial charge in [-0.2, -0.15) is 0 Å². The van der Waals surface area contributed by atoms with Gasteiger partial charge in [-0.1, -0.05) is 26.3 Å². The fraction of sp³-hybridized carbons (Fsp3) is 0.571. The molecular formula is C14H22N4. The summed E-state index contributed by atoms with van der Waals surface area (Å²) in [5.74, 6) is 1.69. The van der Waals surface area contributed by atoms with Crippen LogP contribution in [-0.2, 0) is 0 Å². The fourth-order valence-corrected chi connectivity index (χ4v) is 2.22. The number of fused-ring (bicyclic) bond motifs is 1. The van der Waals surface area contributed by atoms with Crippen molar-refractivity contribution in [3.8, 4) is 0 Å². The topological polar surface area (TPSA) is 42.2 Å². The van der Waals surface area contributed by atoms with Crippen LogP contribution in [0.1, 0.15) is 45.5 Å². The lowest BCUT2D eigenvalue weighted by Crippen LogP contribution is -2.25. The van der Waals surface area contributed by atoms with Gasteiger partial charge in [0.2, 0.25) is 0 Å². The monoisotopic (exact) mass is 246 g/mol. The summed E-state index contributed by atoms with van der Waals surface area (Å²) < 4.78 is 2.04. The first kappa shape index (κ1) is 13.0. The summed E-state index contributed by atoms with van der Waals surface area (Å²) in [6, 6.07) is 6.19. The van der Waals surface area contributed by atoms with Gasteiger partial charge in [0.15, 0.2) is 11.5 Å². The molecule has 2 unspecified atom stereocenters. The van der Waals surface area contributed by atoms with E-state index in [-0.39, 0.29) is 6.04 Å². The molecule has 4 heteroatoms. The van der Waals surface area contributed by atoms with Gasteiger partial charge in [0.05, 0.1) is 6.04 Å². The van der Waals surface area contributed by atoms with Crippen molar-refractivity contribution in [3.05, 3.63) is 30.2 Å². The quantitative estimate of drug-likeness (QED) is 0.852. The van der Waals surface area contributed by atoms with Crippen molar-refractivity contribution in [1.29, 1.82) is 0 Å². The highest BCUT2D eigenvalue weighted by Gasteiger charge is 2.13. The van der Waals surface area contributed by atoms with Crippen molar-refractivity contribution in [2.45, 2.75) is 39.7 Å². The molecule has 4 nitrogen and oxygen atoms in total. The zero-order valence-corrected chi connectivity index (χ0v) is 11.4. The molecule has 1 N–H and O–H groups in total. The molecule has 0 aromatic carbocycles. The van der Waals surface area contributed by atoms with E-state index in [0.29, 0.717) is 5.92 Å². The average Bonchev–Trinajstić information content (AvgIpc) is 2.80. The minimum absolute atomic E-state index is 0.224. The molecule has 0 spiro atoms. The van der Waals surface area contributed by atoms with E-state index < -0.39 is 0 Å². The Morgan fingerprint density at radius 1 is 1.28 bits per heavy atom. The summed E-state index contributed by atoms with van der Waals surface area (Å²) in [6.45, 7) is 7.68.